The molecule has 0 saturated carbocycles. The predicted molar refractivity (Wildman–Crippen MR) is 106 cm³/mol. The molecule has 28 heavy (non-hydrogen) atoms. The van der Waals surface area contributed by atoms with E-state index in [9.17, 15) is 4.79 Å². The Morgan fingerprint density at radius 3 is 2.50 bits per heavy atom. The summed E-state index contributed by atoms with van der Waals surface area (Å²) in [5, 5.41) is 6.07. The number of nitrogens with zero attached hydrogens (tertiary/aromatic N) is 2. The summed E-state index contributed by atoms with van der Waals surface area (Å²) in [7, 11) is 0. The standard InChI is InChI=1S/C21H20N4O3/c1-12-4-5-15(8-13(12)2)25-21(26)17-10-20(23-14(3)22-17)24-16-6-7-18-19(9-16)28-11-27-18/h4-10H,11H2,1-3H3,(H,25,26)(H,22,23,24). The molecule has 2 heterocycles. The molecule has 0 unspecified atom stereocenters. The van der Waals surface area contributed by atoms with Crippen LogP contribution in [0.25, 0.3) is 0 Å². The smallest absolute Gasteiger partial charge is 0.274 e. The van der Waals surface area contributed by atoms with Crippen molar-refractivity contribution >= 4 is 23.1 Å². The number of amides is 1. The van der Waals surface area contributed by atoms with Gasteiger partial charge >= 0.3 is 0 Å². The predicted octanol–water partition coefficient (Wildman–Crippen LogP) is 4.13. The fraction of sp³-hybridized carbons (Fsp3) is 0.190. The SMILES string of the molecule is Cc1nc(Nc2ccc3c(c2)OCO3)cc(C(=O)Nc2ccc(C)c(C)c2)n1. The summed E-state index contributed by atoms with van der Waals surface area (Å²) in [5.74, 6) is 2.11. The second kappa shape index (κ2) is 7.19. The Morgan fingerprint density at radius 2 is 1.68 bits per heavy atom. The molecule has 142 valence electrons. The van der Waals surface area contributed by atoms with Gasteiger partial charge in [-0.05, 0) is 56.2 Å². The van der Waals surface area contributed by atoms with Crippen molar-refractivity contribution < 1.29 is 14.3 Å². The number of aryl methyl sites for hydroxylation is 3. The zero-order valence-electron chi connectivity index (χ0n) is 15.9. The van der Waals surface area contributed by atoms with Crippen LogP contribution in [-0.2, 0) is 0 Å². The first kappa shape index (κ1) is 17.8. The Balaban J connectivity index is 1.54. The number of rotatable bonds is 4. The van der Waals surface area contributed by atoms with Crippen LogP contribution in [0.1, 0.15) is 27.4 Å². The van der Waals surface area contributed by atoms with E-state index < -0.39 is 0 Å². The van der Waals surface area contributed by atoms with Gasteiger partial charge in [0.05, 0.1) is 0 Å². The Labute approximate surface area is 162 Å². The lowest BCUT2D eigenvalue weighted by molar-refractivity contribution is 0.102. The molecule has 0 atom stereocenters. The van der Waals surface area contributed by atoms with Crippen LogP contribution in [-0.4, -0.2) is 22.7 Å². The van der Waals surface area contributed by atoms with Gasteiger partial charge in [0.1, 0.15) is 17.3 Å². The van der Waals surface area contributed by atoms with Crippen LogP contribution >= 0.6 is 0 Å². The van der Waals surface area contributed by atoms with Crippen LogP contribution in [0, 0.1) is 20.8 Å². The highest BCUT2D eigenvalue weighted by Gasteiger charge is 2.15. The second-order valence-electron chi connectivity index (χ2n) is 6.63. The molecule has 4 rings (SSSR count). The highest BCUT2D eigenvalue weighted by molar-refractivity contribution is 6.03. The van der Waals surface area contributed by atoms with E-state index in [1.165, 1.54) is 5.56 Å². The zero-order valence-corrected chi connectivity index (χ0v) is 15.9. The molecule has 0 aliphatic carbocycles. The van der Waals surface area contributed by atoms with Crippen LogP contribution in [0.15, 0.2) is 42.5 Å². The summed E-state index contributed by atoms with van der Waals surface area (Å²) in [6.07, 6.45) is 0. The van der Waals surface area contributed by atoms with Crippen molar-refractivity contribution in [2.45, 2.75) is 20.8 Å². The van der Waals surface area contributed by atoms with Gasteiger partial charge in [0.25, 0.3) is 5.91 Å². The minimum absolute atomic E-state index is 0.216. The lowest BCUT2D eigenvalue weighted by atomic mass is 10.1. The molecule has 0 bridgehead atoms. The molecule has 1 aromatic heterocycles. The van der Waals surface area contributed by atoms with Gasteiger partial charge in [-0.2, -0.15) is 0 Å². The van der Waals surface area contributed by atoms with Crippen molar-refractivity contribution in [2.75, 3.05) is 17.4 Å². The summed E-state index contributed by atoms with van der Waals surface area (Å²) < 4.78 is 10.7. The molecule has 2 N–H and O–H groups in total. The summed E-state index contributed by atoms with van der Waals surface area (Å²) >= 11 is 0. The highest BCUT2D eigenvalue weighted by atomic mass is 16.7. The fourth-order valence-electron chi connectivity index (χ4n) is 2.88. The fourth-order valence-corrected chi connectivity index (χ4v) is 2.88. The summed E-state index contributed by atoms with van der Waals surface area (Å²) in [4.78, 5) is 21.3. The van der Waals surface area contributed by atoms with E-state index in [1.807, 2.05) is 50.2 Å². The van der Waals surface area contributed by atoms with Crippen molar-refractivity contribution in [3.63, 3.8) is 0 Å². The molecule has 7 nitrogen and oxygen atoms in total. The third kappa shape index (κ3) is 3.73. The minimum Gasteiger partial charge on any atom is -0.454 e. The number of aromatic nitrogens is 2. The Hall–Kier alpha value is -3.61. The average molecular weight is 376 g/mol. The van der Waals surface area contributed by atoms with Gasteiger partial charge in [-0.3, -0.25) is 4.79 Å². The van der Waals surface area contributed by atoms with Crippen molar-refractivity contribution in [3.05, 3.63) is 65.1 Å². The number of ether oxygens (including phenoxy) is 2. The van der Waals surface area contributed by atoms with Crippen molar-refractivity contribution in [1.29, 1.82) is 0 Å². The molecule has 1 aliphatic rings. The number of carbonyl (C=O) groups is 1. The molecule has 1 aliphatic heterocycles. The molecule has 2 aromatic carbocycles. The maximum Gasteiger partial charge on any atom is 0.274 e. The number of fused-ring (bicyclic) bond motifs is 1. The number of hydrogen-bond acceptors (Lipinski definition) is 6. The molecule has 3 aromatic rings. The lowest BCUT2D eigenvalue weighted by Gasteiger charge is -2.10. The molecule has 0 fully saturated rings. The Morgan fingerprint density at radius 1 is 0.893 bits per heavy atom. The number of anilines is 3. The number of carbonyl (C=O) groups excluding carboxylic acids is 1. The van der Waals surface area contributed by atoms with Crippen molar-refractivity contribution in [3.8, 4) is 11.5 Å². The topological polar surface area (TPSA) is 85.4 Å². The van der Waals surface area contributed by atoms with E-state index in [4.69, 9.17) is 9.47 Å². The molecule has 0 saturated heterocycles. The third-order valence-corrected chi connectivity index (χ3v) is 4.48. The van der Waals surface area contributed by atoms with Crippen LogP contribution in [0.5, 0.6) is 11.5 Å². The Kier molecular flexibility index (Phi) is 4.57. The van der Waals surface area contributed by atoms with Gasteiger partial charge < -0.3 is 20.1 Å². The van der Waals surface area contributed by atoms with Gasteiger partial charge in [0.15, 0.2) is 11.5 Å². The molecule has 0 radical (unpaired) electrons. The van der Waals surface area contributed by atoms with E-state index in [0.717, 1.165) is 16.9 Å². The monoisotopic (exact) mass is 376 g/mol. The zero-order chi connectivity index (χ0) is 19.7. The van der Waals surface area contributed by atoms with Crippen LogP contribution in [0.4, 0.5) is 17.2 Å². The van der Waals surface area contributed by atoms with Gasteiger partial charge in [-0.1, -0.05) is 6.07 Å². The van der Waals surface area contributed by atoms with E-state index in [-0.39, 0.29) is 18.4 Å². The Bertz CT molecular complexity index is 1070. The van der Waals surface area contributed by atoms with Crippen LogP contribution in [0.2, 0.25) is 0 Å². The van der Waals surface area contributed by atoms with Crippen LogP contribution in [0.3, 0.4) is 0 Å². The highest BCUT2D eigenvalue weighted by Crippen LogP contribution is 2.35. The first-order valence-corrected chi connectivity index (χ1v) is 8.89. The molecule has 0 spiro atoms. The van der Waals surface area contributed by atoms with E-state index in [0.29, 0.717) is 23.1 Å². The second-order valence-corrected chi connectivity index (χ2v) is 6.63. The molecular weight excluding hydrogens is 356 g/mol. The van der Waals surface area contributed by atoms with Gasteiger partial charge in [0.2, 0.25) is 6.79 Å². The lowest BCUT2D eigenvalue weighted by Crippen LogP contribution is -2.15. The maximum atomic E-state index is 12.7. The van der Waals surface area contributed by atoms with Crippen molar-refractivity contribution in [1.82, 2.24) is 9.97 Å². The van der Waals surface area contributed by atoms with Crippen LogP contribution < -0.4 is 20.1 Å². The van der Waals surface area contributed by atoms with Crippen molar-refractivity contribution in [2.24, 2.45) is 0 Å². The average Bonchev–Trinajstić information content (AvgIpc) is 3.12. The molecule has 1 amide bonds. The number of benzene rings is 2. The number of hydrogen-bond donors (Lipinski definition) is 2. The van der Waals surface area contributed by atoms with E-state index in [2.05, 4.69) is 20.6 Å². The summed E-state index contributed by atoms with van der Waals surface area (Å²) in [5.41, 5.74) is 4.08. The molecular formula is C21H20N4O3. The normalized spacial score (nSPS) is 12.0. The first-order valence-electron chi connectivity index (χ1n) is 8.89. The molecule has 7 heteroatoms. The maximum absolute atomic E-state index is 12.7. The summed E-state index contributed by atoms with van der Waals surface area (Å²) in [6, 6.07) is 12.9. The van der Waals surface area contributed by atoms with E-state index in [1.54, 1.807) is 13.0 Å². The third-order valence-electron chi connectivity index (χ3n) is 4.48. The first-order chi connectivity index (χ1) is 13.5. The van der Waals surface area contributed by atoms with Gasteiger partial charge in [-0.25, -0.2) is 9.97 Å². The van der Waals surface area contributed by atoms with Gasteiger partial charge in [0, 0.05) is 23.5 Å². The summed E-state index contributed by atoms with van der Waals surface area (Å²) in [6.45, 7) is 6.00. The largest absolute Gasteiger partial charge is 0.454 e. The quantitative estimate of drug-likeness (QED) is 0.712. The van der Waals surface area contributed by atoms with Gasteiger partial charge in [-0.15, -0.1) is 0 Å². The minimum atomic E-state index is -0.289. The van der Waals surface area contributed by atoms with E-state index >= 15 is 0 Å². The number of nitrogens with one attached hydrogen (secondary N) is 2.